The van der Waals surface area contributed by atoms with Gasteiger partial charge >= 0.3 is 0 Å². The predicted octanol–water partition coefficient (Wildman–Crippen LogP) is 1.48. The molecule has 0 aromatic heterocycles. The van der Waals surface area contributed by atoms with Gasteiger partial charge < -0.3 is 10.4 Å². The van der Waals surface area contributed by atoms with Crippen LogP contribution >= 0.6 is 0 Å². The zero-order valence-corrected chi connectivity index (χ0v) is 10.6. The number of amides is 1. The van der Waals surface area contributed by atoms with E-state index in [2.05, 4.69) is 5.32 Å². The lowest BCUT2D eigenvalue weighted by atomic mass is 10.0. The van der Waals surface area contributed by atoms with E-state index in [1.165, 1.54) is 0 Å². The number of non-ortho nitro benzene ring substituents is 1. The molecule has 1 rings (SSSR count). The fraction of sp³-hybridized carbons (Fsp3) is 0.417. The summed E-state index contributed by atoms with van der Waals surface area (Å²) >= 11 is 0. The highest BCUT2D eigenvalue weighted by Gasteiger charge is 2.21. The summed E-state index contributed by atoms with van der Waals surface area (Å²) in [4.78, 5) is 21.7. The van der Waals surface area contributed by atoms with Crippen molar-refractivity contribution in [2.24, 2.45) is 5.92 Å². The lowest BCUT2D eigenvalue weighted by Crippen LogP contribution is -2.41. The molecule has 1 unspecified atom stereocenters. The Morgan fingerprint density at radius 1 is 1.53 bits per heavy atom. The van der Waals surface area contributed by atoms with Crippen LogP contribution in [0.3, 0.4) is 0 Å². The molecule has 1 aromatic rings. The lowest BCUT2D eigenvalue weighted by Gasteiger charge is -2.19. The van der Waals surface area contributed by atoms with E-state index < -0.39 is 28.3 Å². The number of carbonyl (C=O) groups is 1. The van der Waals surface area contributed by atoms with Gasteiger partial charge in [-0.3, -0.25) is 14.9 Å². The summed E-state index contributed by atoms with van der Waals surface area (Å²) in [7, 11) is 0. The molecule has 0 saturated heterocycles. The van der Waals surface area contributed by atoms with Crippen molar-refractivity contribution in [3.8, 4) is 0 Å². The topological polar surface area (TPSA) is 92.5 Å². The average Bonchev–Trinajstić information content (AvgIpc) is 2.35. The Morgan fingerprint density at radius 2 is 2.16 bits per heavy atom. The van der Waals surface area contributed by atoms with Gasteiger partial charge in [0, 0.05) is 12.1 Å². The Labute approximate surface area is 109 Å². The SMILES string of the molecule is CC(C)C(CO)NC(=O)c1cc([N+](=O)[O-])ccc1F. The van der Waals surface area contributed by atoms with Crippen LogP contribution in [0.2, 0.25) is 0 Å². The minimum Gasteiger partial charge on any atom is -0.394 e. The van der Waals surface area contributed by atoms with E-state index in [-0.39, 0.29) is 18.2 Å². The Kier molecular flexibility index (Phi) is 4.94. The number of hydrogen-bond acceptors (Lipinski definition) is 4. The van der Waals surface area contributed by atoms with Crippen molar-refractivity contribution in [3.63, 3.8) is 0 Å². The van der Waals surface area contributed by atoms with Gasteiger partial charge in [-0.1, -0.05) is 13.8 Å². The van der Waals surface area contributed by atoms with Crippen LogP contribution in [0, 0.1) is 21.8 Å². The fourth-order valence-corrected chi connectivity index (χ4v) is 1.47. The molecule has 104 valence electrons. The highest BCUT2D eigenvalue weighted by molar-refractivity contribution is 5.95. The van der Waals surface area contributed by atoms with E-state index in [0.29, 0.717) is 0 Å². The molecule has 0 radical (unpaired) electrons. The molecule has 0 aliphatic rings. The molecule has 0 saturated carbocycles. The van der Waals surface area contributed by atoms with Crippen LogP contribution < -0.4 is 5.32 Å². The van der Waals surface area contributed by atoms with E-state index in [1.807, 2.05) is 0 Å². The number of benzene rings is 1. The summed E-state index contributed by atoms with van der Waals surface area (Å²) in [5.74, 6) is -1.67. The first-order valence-electron chi connectivity index (χ1n) is 5.72. The number of aliphatic hydroxyl groups excluding tert-OH is 1. The van der Waals surface area contributed by atoms with Gasteiger partial charge in [0.1, 0.15) is 5.82 Å². The molecule has 19 heavy (non-hydrogen) atoms. The van der Waals surface area contributed by atoms with Gasteiger partial charge in [-0.2, -0.15) is 0 Å². The largest absolute Gasteiger partial charge is 0.394 e. The molecule has 0 aliphatic heterocycles. The second kappa shape index (κ2) is 6.24. The highest BCUT2D eigenvalue weighted by atomic mass is 19.1. The van der Waals surface area contributed by atoms with Crippen molar-refractivity contribution in [2.45, 2.75) is 19.9 Å². The summed E-state index contributed by atoms with van der Waals surface area (Å²) in [6.07, 6.45) is 0. The molecule has 1 atom stereocenters. The number of nitro benzene ring substituents is 1. The van der Waals surface area contributed by atoms with E-state index in [1.54, 1.807) is 13.8 Å². The van der Waals surface area contributed by atoms with Gasteiger partial charge in [-0.15, -0.1) is 0 Å². The number of aliphatic hydroxyl groups is 1. The van der Waals surface area contributed by atoms with Crippen LogP contribution in [-0.4, -0.2) is 28.6 Å². The zero-order valence-electron chi connectivity index (χ0n) is 10.6. The highest BCUT2D eigenvalue weighted by Crippen LogP contribution is 2.17. The fourth-order valence-electron chi connectivity index (χ4n) is 1.47. The standard InChI is InChI=1S/C12H15FN2O4/c1-7(2)11(6-16)14-12(17)9-5-8(15(18)19)3-4-10(9)13/h3-5,7,11,16H,6H2,1-2H3,(H,14,17). The Balaban J connectivity index is 2.99. The monoisotopic (exact) mass is 270 g/mol. The van der Waals surface area contributed by atoms with Crippen LogP contribution in [0.1, 0.15) is 24.2 Å². The number of carbonyl (C=O) groups excluding carboxylic acids is 1. The average molecular weight is 270 g/mol. The predicted molar refractivity (Wildman–Crippen MR) is 66.2 cm³/mol. The first kappa shape index (κ1) is 15.0. The van der Waals surface area contributed by atoms with Gasteiger partial charge in [0.2, 0.25) is 0 Å². The maximum absolute atomic E-state index is 13.5. The van der Waals surface area contributed by atoms with Crippen molar-refractivity contribution >= 4 is 11.6 Å². The third kappa shape index (κ3) is 3.72. The Hall–Kier alpha value is -2.02. The zero-order chi connectivity index (χ0) is 14.6. The number of halogens is 1. The molecule has 1 aromatic carbocycles. The molecule has 1 amide bonds. The van der Waals surface area contributed by atoms with E-state index in [0.717, 1.165) is 18.2 Å². The van der Waals surface area contributed by atoms with Gasteiger partial charge in [0.05, 0.1) is 23.1 Å². The molecule has 7 heteroatoms. The smallest absolute Gasteiger partial charge is 0.270 e. The summed E-state index contributed by atoms with van der Waals surface area (Å²) in [6, 6.07) is 2.19. The van der Waals surface area contributed by atoms with Gasteiger partial charge in [0.25, 0.3) is 11.6 Å². The second-order valence-electron chi connectivity index (χ2n) is 4.43. The quantitative estimate of drug-likeness (QED) is 0.626. The summed E-state index contributed by atoms with van der Waals surface area (Å²) in [5, 5.41) is 22.1. The normalized spacial score (nSPS) is 12.3. The maximum atomic E-state index is 13.5. The summed E-state index contributed by atoms with van der Waals surface area (Å²) < 4.78 is 13.5. The third-order valence-corrected chi connectivity index (χ3v) is 2.72. The minimum absolute atomic E-state index is 0.0456. The maximum Gasteiger partial charge on any atom is 0.270 e. The van der Waals surface area contributed by atoms with Crippen LogP contribution in [0.25, 0.3) is 0 Å². The van der Waals surface area contributed by atoms with Crippen molar-refractivity contribution in [1.82, 2.24) is 5.32 Å². The summed E-state index contributed by atoms with van der Waals surface area (Å²) in [5.41, 5.74) is -0.773. The minimum atomic E-state index is -0.844. The summed E-state index contributed by atoms with van der Waals surface area (Å²) in [6.45, 7) is 3.27. The second-order valence-corrected chi connectivity index (χ2v) is 4.43. The van der Waals surface area contributed by atoms with Crippen LogP contribution in [0.4, 0.5) is 10.1 Å². The van der Waals surface area contributed by atoms with Crippen molar-refractivity contribution in [2.75, 3.05) is 6.61 Å². The van der Waals surface area contributed by atoms with E-state index in [4.69, 9.17) is 5.11 Å². The number of nitrogens with one attached hydrogen (secondary N) is 1. The van der Waals surface area contributed by atoms with E-state index in [9.17, 15) is 19.3 Å². The van der Waals surface area contributed by atoms with Crippen LogP contribution in [0.15, 0.2) is 18.2 Å². The lowest BCUT2D eigenvalue weighted by molar-refractivity contribution is -0.384. The van der Waals surface area contributed by atoms with Crippen LogP contribution in [-0.2, 0) is 0 Å². The van der Waals surface area contributed by atoms with Crippen molar-refractivity contribution < 1.29 is 19.2 Å². The number of nitrogens with zero attached hydrogens (tertiary/aromatic N) is 1. The third-order valence-electron chi connectivity index (χ3n) is 2.72. The number of rotatable bonds is 5. The molecule has 0 heterocycles. The van der Waals surface area contributed by atoms with Gasteiger partial charge in [-0.25, -0.2) is 4.39 Å². The molecule has 0 aliphatic carbocycles. The molecule has 2 N–H and O–H groups in total. The number of nitro groups is 1. The Morgan fingerprint density at radius 3 is 2.63 bits per heavy atom. The molecular formula is C12H15FN2O4. The molecule has 6 nitrogen and oxygen atoms in total. The van der Waals surface area contributed by atoms with Gasteiger partial charge in [-0.05, 0) is 12.0 Å². The van der Waals surface area contributed by atoms with Crippen molar-refractivity contribution in [3.05, 3.63) is 39.7 Å². The first-order chi connectivity index (χ1) is 8.86. The molecule has 0 spiro atoms. The molecular weight excluding hydrogens is 255 g/mol. The first-order valence-corrected chi connectivity index (χ1v) is 5.72. The van der Waals surface area contributed by atoms with Crippen LogP contribution in [0.5, 0.6) is 0 Å². The van der Waals surface area contributed by atoms with Crippen molar-refractivity contribution in [1.29, 1.82) is 0 Å². The Bertz CT molecular complexity index is 491. The van der Waals surface area contributed by atoms with E-state index >= 15 is 0 Å². The molecule has 0 fully saturated rings. The molecule has 0 bridgehead atoms. The van der Waals surface area contributed by atoms with Gasteiger partial charge in [0.15, 0.2) is 0 Å². The number of hydrogen-bond donors (Lipinski definition) is 2.